The number of amidine groups is 1. The zero-order valence-electron chi connectivity index (χ0n) is 11.6. The first kappa shape index (κ1) is 15.4. The molecule has 6 heteroatoms. The number of rotatable bonds is 5. The molecule has 1 aromatic carbocycles. The predicted molar refractivity (Wildman–Crippen MR) is 89.3 cm³/mol. The van der Waals surface area contributed by atoms with Gasteiger partial charge in [-0.1, -0.05) is 30.0 Å². The van der Waals surface area contributed by atoms with Gasteiger partial charge in [0, 0.05) is 11.3 Å². The Morgan fingerprint density at radius 1 is 1.38 bits per heavy atom. The maximum absolute atomic E-state index is 8.68. The summed E-state index contributed by atoms with van der Waals surface area (Å²) in [6, 6.07) is 11.7. The molecule has 0 radical (unpaired) electrons. The zero-order valence-corrected chi connectivity index (χ0v) is 13.2. The van der Waals surface area contributed by atoms with Crippen LogP contribution in [0.2, 0.25) is 0 Å². The lowest BCUT2D eigenvalue weighted by Gasteiger charge is -2.09. The molecule has 1 aromatic heterocycles. The van der Waals surface area contributed by atoms with Gasteiger partial charge in [-0.2, -0.15) is 5.26 Å². The van der Waals surface area contributed by atoms with Gasteiger partial charge in [0.2, 0.25) is 0 Å². The number of nitriles is 1. The number of ether oxygens (including phenoxy) is 1. The van der Waals surface area contributed by atoms with Crippen molar-refractivity contribution < 1.29 is 4.74 Å². The summed E-state index contributed by atoms with van der Waals surface area (Å²) in [5.41, 5.74) is 0.718. The summed E-state index contributed by atoms with van der Waals surface area (Å²) in [7, 11) is 0. The summed E-state index contributed by atoms with van der Waals surface area (Å²) in [6.07, 6.45) is 4.62. The molecule has 0 amide bonds. The number of nitrogens with one attached hydrogen (secondary N) is 1. The number of hydrogen-bond donors (Lipinski definition) is 1. The third-order valence-corrected chi connectivity index (χ3v) is 4.15. The average molecular weight is 317 g/mol. The van der Waals surface area contributed by atoms with Crippen molar-refractivity contribution in [3.05, 3.63) is 46.7 Å². The fourth-order valence-electron chi connectivity index (χ4n) is 1.67. The van der Waals surface area contributed by atoms with Gasteiger partial charge in [0.25, 0.3) is 0 Å². The molecule has 2 rings (SSSR count). The molecule has 0 aliphatic carbocycles. The SMILES string of the molecule is CSC(=Nc1ccccc1OCCc1cccs1)NC#N. The van der Waals surface area contributed by atoms with Crippen LogP contribution in [-0.2, 0) is 6.42 Å². The molecule has 0 unspecified atom stereocenters. The second-order valence-corrected chi connectivity index (χ2v) is 5.83. The van der Waals surface area contributed by atoms with Gasteiger partial charge in [-0.15, -0.1) is 11.3 Å². The second-order valence-electron chi connectivity index (χ2n) is 4.00. The summed E-state index contributed by atoms with van der Waals surface area (Å²) in [5.74, 6) is 0.723. The van der Waals surface area contributed by atoms with Crippen LogP contribution in [0.25, 0.3) is 0 Å². The van der Waals surface area contributed by atoms with E-state index in [9.17, 15) is 0 Å². The van der Waals surface area contributed by atoms with Gasteiger partial charge >= 0.3 is 0 Å². The summed E-state index contributed by atoms with van der Waals surface area (Å²) in [5, 5.41) is 13.8. The molecule has 4 nitrogen and oxygen atoms in total. The Morgan fingerprint density at radius 2 is 2.24 bits per heavy atom. The fraction of sp³-hybridized carbons (Fsp3) is 0.200. The second kappa shape index (κ2) is 8.35. The van der Waals surface area contributed by atoms with Crippen molar-refractivity contribution in [3.8, 4) is 11.9 Å². The molecule has 0 saturated heterocycles. The molecule has 0 bridgehead atoms. The maximum atomic E-state index is 8.68. The predicted octanol–water partition coefficient (Wildman–Crippen LogP) is 3.79. The van der Waals surface area contributed by atoms with E-state index in [4.69, 9.17) is 10.00 Å². The van der Waals surface area contributed by atoms with Crippen molar-refractivity contribution in [1.82, 2.24) is 5.32 Å². The van der Waals surface area contributed by atoms with Gasteiger partial charge < -0.3 is 4.74 Å². The van der Waals surface area contributed by atoms with E-state index in [1.165, 1.54) is 16.6 Å². The monoisotopic (exact) mass is 317 g/mol. The molecule has 0 saturated carbocycles. The molecule has 0 aliphatic heterocycles. The Labute approximate surface area is 132 Å². The van der Waals surface area contributed by atoms with Crippen LogP contribution in [0, 0.1) is 11.5 Å². The molecule has 0 aliphatic rings. The minimum atomic E-state index is 0.548. The first-order valence-electron chi connectivity index (χ1n) is 6.35. The molecular formula is C15H15N3OS2. The maximum Gasteiger partial charge on any atom is 0.183 e. The smallest absolute Gasteiger partial charge is 0.183 e. The van der Waals surface area contributed by atoms with Crippen LogP contribution in [0.4, 0.5) is 5.69 Å². The number of nitrogens with zero attached hydrogens (tertiary/aromatic N) is 2. The van der Waals surface area contributed by atoms with Crippen molar-refractivity contribution in [2.45, 2.75) is 6.42 Å². The van der Waals surface area contributed by atoms with Crippen molar-refractivity contribution in [1.29, 1.82) is 5.26 Å². The van der Waals surface area contributed by atoms with Crippen molar-refractivity contribution >= 4 is 34.0 Å². The Hall–Kier alpha value is -1.97. The molecule has 0 spiro atoms. The molecule has 0 fully saturated rings. The summed E-state index contributed by atoms with van der Waals surface area (Å²) < 4.78 is 5.81. The Morgan fingerprint density at radius 3 is 2.95 bits per heavy atom. The van der Waals surface area contributed by atoms with E-state index >= 15 is 0 Å². The first-order chi connectivity index (χ1) is 10.3. The third kappa shape index (κ3) is 4.81. The van der Waals surface area contributed by atoms with E-state index < -0.39 is 0 Å². The van der Waals surface area contributed by atoms with Crippen LogP contribution < -0.4 is 10.1 Å². The number of hydrogen-bond acceptors (Lipinski definition) is 5. The lowest BCUT2D eigenvalue weighted by Crippen LogP contribution is -2.12. The molecule has 108 valence electrons. The quantitative estimate of drug-likeness (QED) is 0.394. The lowest BCUT2D eigenvalue weighted by molar-refractivity contribution is 0.324. The summed E-state index contributed by atoms with van der Waals surface area (Å²) in [6.45, 7) is 0.604. The Bertz CT molecular complexity index is 633. The minimum absolute atomic E-state index is 0.548. The van der Waals surface area contributed by atoms with Crippen LogP contribution in [0.3, 0.4) is 0 Å². The molecular weight excluding hydrogens is 302 g/mol. The highest BCUT2D eigenvalue weighted by Crippen LogP contribution is 2.28. The van der Waals surface area contributed by atoms with Crippen LogP contribution in [-0.4, -0.2) is 18.0 Å². The number of thioether (sulfide) groups is 1. The molecule has 2 aromatic rings. The highest BCUT2D eigenvalue weighted by Gasteiger charge is 2.04. The van der Waals surface area contributed by atoms with Gasteiger partial charge in [-0.3, -0.25) is 5.32 Å². The van der Waals surface area contributed by atoms with Crippen LogP contribution in [0.5, 0.6) is 5.75 Å². The number of aliphatic imine (C=N–C) groups is 1. The van der Waals surface area contributed by atoms with Crippen LogP contribution in [0.15, 0.2) is 46.8 Å². The van der Waals surface area contributed by atoms with E-state index in [1.807, 2.05) is 42.8 Å². The third-order valence-electron chi connectivity index (χ3n) is 2.63. The average Bonchev–Trinajstić information content (AvgIpc) is 3.01. The Kier molecular flexibility index (Phi) is 6.13. The van der Waals surface area contributed by atoms with E-state index in [0.29, 0.717) is 11.8 Å². The van der Waals surface area contributed by atoms with Gasteiger partial charge in [-0.05, 0) is 29.8 Å². The van der Waals surface area contributed by atoms with E-state index in [1.54, 1.807) is 11.3 Å². The zero-order chi connectivity index (χ0) is 14.9. The fourth-order valence-corrected chi connectivity index (χ4v) is 2.70. The van der Waals surface area contributed by atoms with Gasteiger partial charge in [0.1, 0.15) is 11.4 Å². The van der Waals surface area contributed by atoms with E-state index in [2.05, 4.69) is 21.8 Å². The first-order valence-corrected chi connectivity index (χ1v) is 8.46. The molecule has 21 heavy (non-hydrogen) atoms. The van der Waals surface area contributed by atoms with Gasteiger partial charge in [0.15, 0.2) is 11.4 Å². The van der Waals surface area contributed by atoms with Gasteiger partial charge in [0.05, 0.1) is 6.61 Å². The number of benzene rings is 1. The number of para-hydroxylation sites is 2. The molecule has 1 N–H and O–H groups in total. The Balaban J connectivity index is 2.04. The minimum Gasteiger partial charge on any atom is -0.491 e. The largest absolute Gasteiger partial charge is 0.491 e. The lowest BCUT2D eigenvalue weighted by atomic mass is 10.3. The van der Waals surface area contributed by atoms with Crippen LogP contribution >= 0.6 is 23.1 Å². The van der Waals surface area contributed by atoms with Crippen LogP contribution in [0.1, 0.15) is 4.88 Å². The molecule has 0 atom stereocenters. The van der Waals surface area contributed by atoms with Gasteiger partial charge in [-0.25, -0.2) is 4.99 Å². The summed E-state index contributed by atoms with van der Waals surface area (Å²) in [4.78, 5) is 5.70. The number of thiophene rings is 1. The topological polar surface area (TPSA) is 57.4 Å². The molecule has 1 heterocycles. The summed E-state index contributed by atoms with van der Waals surface area (Å²) >= 11 is 3.11. The highest BCUT2D eigenvalue weighted by molar-refractivity contribution is 8.13. The van der Waals surface area contributed by atoms with Crippen molar-refractivity contribution in [2.75, 3.05) is 12.9 Å². The normalized spacial score (nSPS) is 11.0. The highest BCUT2D eigenvalue weighted by atomic mass is 32.2. The van der Waals surface area contributed by atoms with Crippen molar-refractivity contribution in [3.63, 3.8) is 0 Å². The standard InChI is InChI=1S/C15H15N3OS2/c1-20-15(17-11-16)18-13-6-2-3-7-14(13)19-9-8-12-5-4-10-21-12/h2-7,10H,8-9H2,1H3,(H,17,18). The van der Waals surface area contributed by atoms with Crippen molar-refractivity contribution in [2.24, 2.45) is 4.99 Å². The van der Waals surface area contributed by atoms with E-state index in [0.717, 1.165) is 17.9 Å². The van der Waals surface area contributed by atoms with E-state index in [-0.39, 0.29) is 0 Å².